The molecule has 4 nitrogen and oxygen atoms in total. The van der Waals surface area contributed by atoms with Gasteiger partial charge in [0.15, 0.2) is 6.10 Å². The minimum Gasteiger partial charge on any atom is -0.367 e. The Morgan fingerprint density at radius 2 is 2.11 bits per heavy atom. The van der Waals surface area contributed by atoms with Crippen LogP contribution in [0.4, 0.5) is 0 Å². The summed E-state index contributed by atoms with van der Waals surface area (Å²) in [5, 5.41) is 3.33. The molecule has 0 aromatic heterocycles. The summed E-state index contributed by atoms with van der Waals surface area (Å²) in [6.07, 6.45) is -0.489. The molecular weight excluding hydrogens is 264 g/mol. The number of ether oxygens (including phenoxy) is 1. The van der Waals surface area contributed by atoms with Gasteiger partial charge in [-0.05, 0) is 12.5 Å². The number of carbonyl (C=O) groups is 1. The number of methoxy groups -OCH3 is 1. The van der Waals surface area contributed by atoms with E-state index in [0.29, 0.717) is 6.04 Å². The molecule has 0 aliphatic carbocycles. The summed E-state index contributed by atoms with van der Waals surface area (Å²) >= 11 is 0. The van der Waals surface area contributed by atoms with Gasteiger partial charge in [0, 0.05) is 32.8 Å². The van der Waals surface area contributed by atoms with E-state index < -0.39 is 6.10 Å². The maximum absolute atomic E-state index is 12.4. The Labute approximate surface area is 120 Å². The second kappa shape index (κ2) is 7.48. The first-order valence-corrected chi connectivity index (χ1v) is 6.32. The number of nitrogens with zero attached hydrogens (tertiary/aromatic N) is 1. The molecule has 5 heteroatoms. The van der Waals surface area contributed by atoms with Gasteiger partial charge >= 0.3 is 0 Å². The van der Waals surface area contributed by atoms with Gasteiger partial charge < -0.3 is 15.0 Å². The van der Waals surface area contributed by atoms with Gasteiger partial charge in [-0.25, -0.2) is 0 Å². The van der Waals surface area contributed by atoms with E-state index in [-0.39, 0.29) is 18.3 Å². The third-order valence-electron chi connectivity index (χ3n) is 3.24. The molecule has 1 aliphatic heterocycles. The average molecular weight is 285 g/mol. The number of hydrogen-bond acceptors (Lipinski definition) is 3. The lowest BCUT2D eigenvalue weighted by Crippen LogP contribution is -2.52. The predicted molar refractivity (Wildman–Crippen MR) is 77.5 cm³/mol. The number of rotatable bonds is 3. The summed E-state index contributed by atoms with van der Waals surface area (Å²) in [6, 6.07) is 9.99. The lowest BCUT2D eigenvalue weighted by atomic mass is 10.1. The summed E-state index contributed by atoms with van der Waals surface area (Å²) in [5.41, 5.74) is 0.913. The second-order valence-electron chi connectivity index (χ2n) is 4.67. The highest BCUT2D eigenvalue weighted by Crippen LogP contribution is 2.19. The van der Waals surface area contributed by atoms with Crippen molar-refractivity contribution in [1.82, 2.24) is 10.2 Å². The first kappa shape index (κ1) is 16.0. The van der Waals surface area contributed by atoms with Crippen LogP contribution in [0.5, 0.6) is 0 Å². The van der Waals surface area contributed by atoms with E-state index in [4.69, 9.17) is 4.74 Å². The van der Waals surface area contributed by atoms with Crippen molar-refractivity contribution in [3.63, 3.8) is 0 Å². The first-order valence-electron chi connectivity index (χ1n) is 6.32. The van der Waals surface area contributed by atoms with Crippen molar-refractivity contribution in [3.8, 4) is 0 Å². The molecule has 2 rings (SSSR count). The van der Waals surface area contributed by atoms with E-state index in [9.17, 15) is 4.79 Å². The van der Waals surface area contributed by atoms with Gasteiger partial charge in [-0.1, -0.05) is 30.3 Å². The molecule has 106 valence electrons. The highest BCUT2D eigenvalue weighted by molar-refractivity contribution is 5.85. The fraction of sp³-hybridized carbons (Fsp3) is 0.500. The Morgan fingerprint density at radius 1 is 1.42 bits per heavy atom. The molecule has 19 heavy (non-hydrogen) atoms. The molecule has 0 bridgehead atoms. The summed E-state index contributed by atoms with van der Waals surface area (Å²) in [6.45, 7) is 4.42. The maximum atomic E-state index is 12.4. The fourth-order valence-corrected chi connectivity index (χ4v) is 2.31. The van der Waals surface area contributed by atoms with Crippen LogP contribution in [0.2, 0.25) is 0 Å². The molecule has 1 amide bonds. The Hall–Kier alpha value is -1.10. The van der Waals surface area contributed by atoms with Gasteiger partial charge in [0.25, 0.3) is 5.91 Å². The lowest BCUT2D eigenvalue weighted by Gasteiger charge is -2.34. The first-order chi connectivity index (χ1) is 8.72. The number of halogens is 1. The normalized spacial score (nSPS) is 20.5. The molecule has 1 aromatic carbocycles. The van der Waals surface area contributed by atoms with Crippen LogP contribution in [0, 0.1) is 0 Å². The molecule has 1 fully saturated rings. The predicted octanol–water partition coefficient (Wildman–Crippen LogP) is 1.62. The van der Waals surface area contributed by atoms with Crippen molar-refractivity contribution in [2.24, 2.45) is 0 Å². The van der Waals surface area contributed by atoms with Gasteiger partial charge in [-0.2, -0.15) is 0 Å². The monoisotopic (exact) mass is 284 g/mol. The van der Waals surface area contributed by atoms with E-state index in [2.05, 4.69) is 12.2 Å². The maximum Gasteiger partial charge on any atom is 0.256 e. The summed E-state index contributed by atoms with van der Waals surface area (Å²) in [7, 11) is 1.58. The van der Waals surface area contributed by atoms with E-state index in [0.717, 1.165) is 25.2 Å². The molecule has 0 spiro atoms. The average Bonchev–Trinajstić information content (AvgIpc) is 2.41. The van der Waals surface area contributed by atoms with Crippen LogP contribution in [0.3, 0.4) is 0 Å². The van der Waals surface area contributed by atoms with E-state index in [1.54, 1.807) is 7.11 Å². The van der Waals surface area contributed by atoms with Crippen molar-refractivity contribution in [2.45, 2.75) is 19.1 Å². The number of carbonyl (C=O) groups excluding carboxylic acids is 1. The van der Waals surface area contributed by atoms with Crippen molar-refractivity contribution in [3.05, 3.63) is 35.9 Å². The zero-order valence-corrected chi connectivity index (χ0v) is 12.2. The second-order valence-corrected chi connectivity index (χ2v) is 4.67. The molecule has 1 N–H and O–H groups in total. The molecule has 2 unspecified atom stereocenters. The van der Waals surface area contributed by atoms with Gasteiger partial charge in [-0.15, -0.1) is 12.4 Å². The Balaban J connectivity index is 0.00000180. The minimum atomic E-state index is -0.489. The highest BCUT2D eigenvalue weighted by Gasteiger charge is 2.28. The van der Waals surface area contributed by atoms with Gasteiger partial charge in [0.05, 0.1) is 0 Å². The molecule has 2 atom stereocenters. The molecule has 0 radical (unpaired) electrons. The largest absolute Gasteiger partial charge is 0.367 e. The van der Waals surface area contributed by atoms with Crippen molar-refractivity contribution in [1.29, 1.82) is 0 Å². The smallest absolute Gasteiger partial charge is 0.256 e. The molecule has 1 aromatic rings. The molecule has 0 saturated carbocycles. The third-order valence-corrected chi connectivity index (χ3v) is 3.24. The molecular formula is C14H21ClN2O2. The van der Waals surface area contributed by atoms with E-state index in [1.807, 2.05) is 35.2 Å². The number of nitrogens with one attached hydrogen (secondary N) is 1. The van der Waals surface area contributed by atoms with Crippen LogP contribution in [-0.2, 0) is 9.53 Å². The van der Waals surface area contributed by atoms with E-state index in [1.165, 1.54) is 0 Å². The van der Waals surface area contributed by atoms with Gasteiger partial charge in [0.2, 0.25) is 0 Å². The van der Waals surface area contributed by atoms with Crippen LogP contribution in [0.15, 0.2) is 30.3 Å². The third kappa shape index (κ3) is 3.93. The molecule has 1 saturated heterocycles. The number of benzene rings is 1. The quantitative estimate of drug-likeness (QED) is 0.917. The molecule has 1 heterocycles. The van der Waals surface area contributed by atoms with Gasteiger partial charge in [-0.3, -0.25) is 4.79 Å². The fourth-order valence-electron chi connectivity index (χ4n) is 2.31. The SMILES string of the molecule is COC(C(=O)N1CCNC(C)C1)c1ccccc1.Cl. The number of amides is 1. The van der Waals surface area contributed by atoms with Gasteiger partial charge in [0.1, 0.15) is 0 Å². The zero-order valence-electron chi connectivity index (χ0n) is 11.3. The highest BCUT2D eigenvalue weighted by atomic mass is 35.5. The van der Waals surface area contributed by atoms with Crippen LogP contribution in [0.1, 0.15) is 18.6 Å². The minimum absolute atomic E-state index is 0. The van der Waals surface area contributed by atoms with Crippen LogP contribution < -0.4 is 5.32 Å². The van der Waals surface area contributed by atoms with Crippen molar-refractivity contribution in [2.75, 3.05) is 26.7 Å². The van der Waals surface area contributed by atoms with E-state index >= 15 is 0 Å². The number of hydrogen-bond donors (Lipinski definition) is 1. The van der Waals surface area contributed by atoms with Crippen molar-refractivity contribution >= 4 is 18.3 Å². The lowest BCUT2D eigenvalue weighted by molar-refractivity contribution is -0.143. The summed E-state index contributed by atoms with van der Waals surface area (Å²) in [5.74, 6) is 0.0528. The standard InChI is InChI=1S/C14H20N2O2.ClH/c1-11-10-16(9-8-15-11)14(17)13(18-2)12-6-4-3-5-7-12;/h3-7,11,13,15H,8-10H2,1-2H3;1H. The summed E-state index contributed by atoms with van der Waals surface area (Å²) < 4.78 is 5.38. The van der Waals surface area contributed by atoms with Crippen molar-refractivity contribution < 1.29 is 9.53 Å². The topological polar surface area (TPSA) is 41.6 Å². The Morgan fingerprint density at radius 3 is 2.68 bits per heavy atom. The zero-order chi connectivity index (χ0) is 13.0. The Kier molecular flexibility index (Phi) is 6.28. The summed E-state index contributed by atoms with van der Waals surface area (Å²) in [4.78, 5) is 14.3. The van der Waals surface area contributed by atoms with Crippen LogP contribution in [0.25, 0.3) is 0 Å². The Bertz CT molecular complexity index is 400. The van der Waals surface area contributed by atoms with Crippen LogP contribution >= 0.6 is 12.4 Å². The number of piperazine rings is 1. The molecule has 1 aliphatic rings. The van der Waals surface area contributed by atoms with Crippen LogP contribution in [-0.4, -0.2) is 43.6 Å².